The van der Waals surface area contributed by atoms with Gasteiger partial charge in [-0.05, 0) is 55.8 Å². The molecule has 5 heteroatoms. The maximum atomic E-state index is 14.1. The van der Waals surface area contributed by atoms with Gasteiger partial charge in [-0.2, -0.15) is 0 Å². The number of aryl methyl sites for hydroxylation is 1. The lowest BCUT2D eigenvalue weighted by Crippen LogP contribution is -2.40. The van der Waals surface area contributed by atoms with Crippen molar-refractivity contribution in [3.05, 3.63) is 115 Å². The Morgan fingerprint density at radius 3 is 2.03 bits per heavy atom. The molecule has 0 N–H and O–H groups in total. The van der Waals surface area contributed by atoms with Gasteiger partial charge in [-0.1, -0.05) is 72.8 Å². The topological polar surface area (TPSA) is 40.6 Å². The second-order valence-electron chi connectivity index (χ2n) is 8.13. The molecule has 33 heavy (non-hydrogen) atoms. The average molecular weight is 457 g/mol. The zero-order valence-corrected chi connectivity index (χ0v) is 19.7. The van der Waals surface area contributed by atoms with Crippen molar-refractivity contribution in [2.45, 2.75) is 24.8 Å². The molecule has 4 nitrogen and oxygen atoms in total. The molecule has 168 valence electrons. The van der Waals surface area contributed by atoms with Crippen LogP contribution in [0.2, 0.25) is 0 Å². The minimum Gasteiger partial charge on any atom is -0.280 e. The molecule has 3 aromatic carbocycles. The molecule has 1 fully saturated rings. The Bertz CT molecular complexity index is 1130. The lowest BCUT2D eigenvalue weighted by Gasteiger charge is -2.29. The van der Waals surface area contributed by atoms with Crippen LogP contribution in [0.1, 0.15) is 12.5 Å². The van der Waals surface area contributed by atoms with Gasteiger partial charge in [-0.15, -0.1) is 0 Å². The Morgan fingerprint density at radius 2 is 1.52 bits per heavy atom. The molecule has 1 saturated heterocycles. The Labute approximate surface area is 198 Å². The van der Waals surface area contributed by atoms with Crippen molar-refractivity contribution in [2.75, 3.05) is 11.4 Å². The van der Waals surface area contributed by atoms with E-state index in [4.69, 9.17) is 0 Å². The second-order valence-corrected chi connectivity index (χ2v) is 9.57. The van der Waals surface area contributed by atoms with Gasteiger partial charge >= 0.3 is 0 Å². The summed E-state index contributed by atoms with van der Waals surface area (Å²) in [4.78, 5) is 16.6. The summed E-state index contributed by atoms with van der Waals surface area (Å²) in [6.45, 7) is 8.56. The maximum Gasteiger partial charge on any atom is 0.240 e. The van der Waals surface area contributed by atoms with Crippen LogP contribution in [0, 0.1) is 12.8 Å². The Morgan fingerprint density at radius 1 is 0.970 bits per heavy atom. The normalized spacial score (nSPS) is 19.6. The summed E-state index contributed by atoms with van der Waals surface area (Å²) in [5, 5.41) is 0. The standard InChI is InChI=1S/C28H28N2O2S/c1-4-11-26-27(22(3)20-29(26)33(32)25-18-16-21(2)17-19-25)28(31)30(23-12-7-5-8-13-23)24-14-9-6-10-15-24/h4-19,26-27H,3,20H2,1-2H3/b11-4+/t26-,27+,33-/m0/s1. The summed E-state index contributed by atoms with van der Waals surface area (Å²) in [7, 11) is -1.41. The molecule has 0 saturated carbocycles. The van der Waals surface area contributed by atoms with Crippen LogP contribution in [0.5, 0.6) is 0 Å². The predicted octanol–water partition coefficient (Wildman–Crippen LogP) is 5.82. The lowest BCUT2D eigenvalue weighted by molar-refractivity contribution is -0.120. The smallest absolute Gasteiger partial charge is 0.240 e. The van der Waals surface area contributed by atoms with Crippen molar-refractivity contribution < 1.29 is 9.00 Å². The molecule has 1 aliphatic heterocycles. The van der Waals surface area contributed by atoms with Crippen molar-refractivity contribution in [1.29, 1.82) is 0 Å². The highest BCUT2D eigenvalue weighted by Gasteiger charge is 2.44. The number of anilines is 2. The first-order chi connectivity index (χ1) is 16.0. The first kappa shape index (κ1) is 22.9. The summed E-state index contributed by atoms with van der Waals surface area (Å²) in [5.74, 6) is -0.597. The molecule has 3 aromatic rings. The minimum atomic E-state index is -1.41. The molecule has 1 aliphatic rings. The van der Waals surface area contributed by atoms with Crippen LogP contribution < -0.4 is 4.90 Å². The third-order valence-electron chi connectivity index (χ3n) is 5.81. The molecule has 1 heterocycles. The van der Waals surface area contributed by atoms with E-state index >= 15 is 0 Å². The highest BCUT2D eigenvalue weighted by Crippen LogP contribution is 2.37. The highest BCUT2D eigenvalue weighted by atomic mass is 32.2. The van der Waals surface area contributed by atoms with Crippen molar-refractivity contribution in [3.63, 3.8) is 0 Å². The number of para-hydroxylation sites is 2. The number of rotatable bonds is 6. The van der Waals surface area contributed by atoms with Gasteiger partial charge in [-0.3, -0.25) is 9.69 Å². The molecule has 4 rings (SSSR count). The second kappa shape index (κ2) is 10.1. The molecule has 1 amide bonds. The monoisotopic (exact) mass is 456 g/mol. The zero-order valence-electron chi connectivity index (χ0n) is 18.9. The molecule has 0 aromatic heterocycles. The summed E-state index contributed by atoms with van der Waals surface area (Å²) in [6.07, 6.45) is 3.87. The van der Waals surface area contributed by atoms with E-state index in [-0.39, 0.29) is 11.9 Å². The van der Waals surface area contributed by atoms with E-state index in [1.165, 1.54) is 0 Å². The average Bonchev–Trinajstić information content (AvgIpc) is 3.16. The number of hydrogen-bond acceptors (Lipinski definition) is 2. The predicted molar refractivity (Wildman–Crippen MR) is 136 cm³/mol. The molecule has 3 atom stereocenters. The maximum absolute atomic E-state index is 14.1. The summed E-state index contributed by atoms with van der Waals surface area (Å²) >= 11 is 0. The Balaban J connectivity index is 1.72. The van der Waals surface area contributed by atoms with Gasteiger partial charge in [0.1, 0.15) is 11.0 Å². The number of nitrogens with zero attached hydrogens (tertiary/aromatic N) is 2. The van der Waals surface area contributed by atoms with Gasteiger partial charge in [0.15, 0.2) is 0 Å². The van der Waals surface area contributed by atoms with Crippen LogP contribution in [0.3, 0.4) is 0 Å². The number of benzene rings is 3. The minimum absolute atomic E-state index is 0.0797. The number of amides is 1. The van der Waals surface area contributed by atoms with E-state index in [0.29, 0.717) is 6.54 Å². The quantitative estimate of drug-likeness (QED) is 0.439. The van der Waals surface area contributed by atoms with Crippen LogP contribution in [0.4, 0.5) is 11.4 Å². The molecular formula is C28H28N2O2S. The summed E-state index contributed by atoms with van der Waals surface area (Å²) in [5.41, 5.74) is 3.46. The summed E-state index contributed by atoms with van der Waals surface area (Å²) in [6, 6.07) is 26.6. The van der Waals surface area contributed by atoms with Crippen molar-refractivity contribution >= 4 is 28.3 Å². The first-order valence-electron chi connectivity index (χ1n) is 11.0. The largest absolute Gasteiger partial charge is 0.280 e. The van der Waals surface area contributed by atoms with Crippen LogP contribution >= 0.6 is 0 Å². The number of carbonyl (C=O) groups is 1. The number of allylic oxidation sites excluding steroid dienone is 1. The fourth-order valence-electron chi connectivity index (χ4n) is 4.19. The fourth-order valence-corrected chi connectivity index (χ4v) is 5.53. The van der Waals surface area contributed by atoms with Gasteiger partial charge < -0.3 is 0 Å². The Kier molecular flexibility index (Phi) is 7.02. The third-order valence-corrected chi connectivity index (χ3v) is 7.29. The molecule has 0 bridgehead atoms. The number of hydrogen-bond donors (Lipinski definition) is 0. The van der Waals surface area contributed by atoms with E-state index in [2.05, 4.69) is 6.58 Å². The van der Waals surface area contributed by atoms with Crippen molar-refractivity contribution in [3.8, 4) is 0 Å². The SMILES string of the molecule is C=C1CN([S@@](=O)c2ccc(C)cc2)[C@@H](/C=C/C)[C@@H]1C(=O)N(c1ccccc1)c1ccccc1. The molecular weight excluding hydrogens is 428 g/mol. The van der Waals surface area contributed by atoms with Crippen LogP contribution in [-0.4, -0.2) is 27.0 Å². The van der Waals surface area contributed by atoms with Crippen molar-refractivity contribution in [1.82, 2.24) is 4.31 Å². The van der Waals surface area contributed by atoms with Gasteiger partial charge in [-0.25, -0.2) is 8.51 Å². The van der Waals surface area contributed by atoms with Gasteiger partial charge in [0.25, 0.3) is 0 Å². The van der Waals surface area contributed by atoms with E-state index in [1.807, 2.05) is 115 Å². The van der Waals surface area contributed by atoms with Gasteiger partial charge in [0.05, 0.1) is 16.9 Å². The van der Waals surface area contributed by atoms with Crippen LogP contribution in [-0.2, 0) is 15.8 Å². The van der Waals surface area contributed by atoms with Gasteiger partial charge in [0, 0.05) is 17.9 Å². The van der Waals surface area contributed by atoms with E-state index in [1.54, 1.807) is 4.90 Å². The zero-order chi connectivity index (χ0) is 23.4. The van der Waals surface area contributed by atoms with E-state index in [9.17, 15) is 9.00 Å². The third kappa shape index (κ3) is 4.75. The van der Waals surface area contributed by atoms with E-state index < -0.39 is 16.9 Å². The Hall–Kier alpha value is -3.28. The van der Waals surface area contributed by atoms with E-state index in [0.717, 1.165) is 27.4 Å². The molecule has 0 aliphatic carbocycles. The summed E-state index contributed by atoms with van der Waals surface area (Å²) < 4.78 is 15.4. The fraction of sp³-hybridized carbons (Fsp3) is 0.179. The highest BCUT2D eigenvalue weighted by molar-refractivity contribution is 7.82. The molecule has 0 unspecified atom stereocenters. The van der Waals surface area contributed by atoms with Crippen LogP contribution in [0.15, 0.2) is 114 Å². The van der Waals surface area contributed by atoms with Gasteiger partial charge in [0.2, 0.25) is 5.91 Å². The molecule has 0 spiro atoms. The first-order valence-corrected chi connectivity index (χ1v) is 12.1. The van der Waals surface area contributed by atoms with Crippen LogP contribution in [0.25, 0.3) is 0 Å². The number of carbonyl (C=O) groups excluding carboxylic acids is 1. The van der Waals surface area contributed by atoms with Crippen molar-refractivity contribution in [2.24, 2.45) is 5.92 Å². The lowest BCUT2D eigenvalue weighted by atomic mass is 9.94. The molecule has 0 radical (unpaired) electrons.